The fourth-order valence-electron chi connectivity index (χ4n) is 4.55. The van der Waals surface area contributed by atoms with E-state index in [0.717, 1.165) is 55.1 Å². The number of hydrogen-bond acceptors (Lipinski definition) is 3. The summed E-state index contributed by atoms with van der Waals surface area (Å²) in [6, 6.07) is 22.7. The molecule has 0 radical (unpaired) electrons. The van der Waals surface area contributed by atoms with Crippen LogP contribution < -0.4 is 10.2 Å². The standard InChI is InChI=1S/C29H35N3O/c1-5-31-17-19-32(20-18-31)26-15-13-25(14-16-26)30-29(33)27-8-6-7-22(4)28(27)24-11-9-23(10-12-24)21(2)3/h6-16,21H,5,17-20H2,1-4H3,(H,30,33). The minimum atomic E-state index is -0.0778. The van der Waals surface area contributed by atoms with Gasteiger partial charge in [0.05, 0.1) is 0 Å². The first-order valence-corrected chi connectivity index (χ1v) is 12.0. The van der Waals surface area contributed by atoms with Crippen molar-refractivity contribution in [3.63, 3.8) is 0 Å². The number of piperazine rings is 1. The minimum absolute atomic E-state index is 0.0778. The Labute approximate surface area is 198 Å². The fourth-order valence-corrected chi connectivity index (χ4v) is 4.55. The van der Waals surface area contributed by atoms with Crippen molar-refractivity contribution in [3.8, 4) is 11.1 Å². The maximum Gasteiger partial charge on any atom is 0.256 e. The number of aryl methyl sites for hydroxylation is 1. The van der Waals surface area contributed by atoms with Crippen LogP contribution in [0.2, 0.25) is 0 Å². The van der Waals surface area contributed by atoms with Gasteiger partial charge in [0.15, 0.2) is 0 Å². The zero-order valence-corrected chi connectivity index (χ0v) is 20.3. The van der Waals surface area contributed by atoms with E-state index in [4.69, 9.17) is 0 Å². The molecule has 0 bridgehead atoms. The van der Waals surface area contributed by atoms with Gasteiger partial charge in [-0.25, -0.2) is 0 Å². The summed E-state index contributed by atoms with van der Waals surface area (Å²) in [6.45, 7) is 14.1. The lowest BCUT2D eigenvalue weighted by atomic mass is 9.92. The molecule has 172 valence electrons. The van der Waals surface area contributed by atoms with Crippen LogP contribution in [0.3, 0.4) is 0 Å². The van der Waals surface area contributed by atoms with Crippen LogP contribution in [0.4, 0.5) is 11.4 Å². The number of likely N-dealkylation sites (N-methyl/N-ethyl adjacent to an activating group) is 1. The Hall–Kier alpha value is -3.11. The average Bonchev–Trinajstić information content (AvgIpc) is 2.84. The van der Waals surface area contributed by atoms with Gasteiger partial charge in [-0.1, -0.05) is 57.2 Å². The van der Waals surface area contributed by atoms with E-state index in [1.54, 1.807) is 0 Å². The number of rotatable bonds is 6. The Morgan fingerprint density at radius 1 is 0.909 bits per heavy atom. The summed E-state index contributed by atoms with van der Waals surface area (Å²) >= 11 is 0. The number of nitrogens with one attached hydrogen (secondary N) is 1. The van der Waals surface area contributed by atoms with Crippen molar-refractivity contribution in [1.29, 1.82) is 0 Å². The molecule has 4 heteroatoms. The van der Waals surface area contributed by atoms with Gasteiger partial charge in [-0.05, 0) is 72.0 Å². The number of nitrogens with zero attached hydrogens (tertiary/aromatic N) is 2. The second-order valence-corrected chi connectivity index (χ2v) is 9.20. The van der Waals surface area contributed by atoms with Crippen LogP contribution >= 0.6 is 0 Å². The molecule has 4 rings (SSSR count). The van der Waals surface area contributed by atoms with Gasteiger partial charge in [0.25, 0.3) is 5.91 Å². The third-order valence-electron chi connectivity index (χ3n) is 6.69. The van der Waals surface area contributed by atoms with E-state index in [9.17, 15) is 4.79 Å². The number of hydrogen-bond donors (Lipinski definition) is 1. The Morgan fingerprint density at radius 3 is 2.18 bits per heavy atom. The topological polar surface area (TPSA) is 35.6 Å². The summed E-state index contributed by atoms with van der Waals surface area (Å²) < 4.78 is 0. The summed E-state index contributed by atoms with van der Waals surface area (Å²) in [4.78, 5) is 18.2. The molecule has 1 heterocycles. The number of carbonyl (C=O) groups is 1. The zero-order chi connectivity index (χ0) is 23.4. The van der Waals surface area contributed by atoms with E-state index in [-0.39, 0.29) is 5.91 Å². The first-order chi connectivity index (χ1) is 16.0. The van der Waals surface area contributed by atoms with Crippen LogP contribution in [-0.2, 0) is 0 Å². The molecule has 0 aliphatic carbocycles. The predicted molar refractivity (Wildman–Crippen MR) is 139 cm³/mol. The zero-order valence-electron chi connectivity index (χ0n) is 20.3. The third-order valence-corrected chi connectivity index (χ3v) is 6.69. The lowest BCUT2D eigenvalue weighted by Crippen LogP contribution is -2.46. The van der Waals surface area contributed by atoms with Crippen molar-refractivity contribution < 1.29 is 4.79 Å². The van der Waals surface area contributed by atoms with Crippen LogP contribution in [-0.4, -0.2) is 43.5 Å². The Morgan fingerprint density at radius 2 is 1.58 bits per heavy atom. The van der Waals surface area contributed by atoms with E-state index in [0.29, 0.717) is 11.5 Å². The van der Waals surface area contributed by atoms with Gasteiger partial charge in [-0.3, -0.25) is 4.79 Å². The molecule has 1 amide bonds. The summed E-state index contributed by atoms with van der Waals surface area (Å²) in [5, 5.41) is 3.11. The summed E-state index contributed by atoms with van der Waals surface area (Å²) in [7, 11) is 0. The minimum Gasteiger partial charge on any atom is -0.369 e. The summed E-state index contributed by atoms with van der Waals surface area (Å²) in [6.07, 6.45) is 0. The molecule has 0 spiro atoms. The largest absolute Gasteiger partial charge is 0.369 e. The molecule has 1 fully saturated rings. The molecular formula is C29H35N3O. The van der Waals surface area contributed by atoms with E-state index >= 15 is 0 Å². The van der Waals surface area contributed by atoms with Crippen LogP contribution in [0, 0.1) is 6.92 Å². The highest BCUT2D eigenvalue weighted by atomic mass is 16.1. The van der Waals surface area contributed by atoms with E-state index < -0.39 is 0 Å². The van der Waals surface area contributed by atoms with Crippen molar-refractivity contribution in [2.24, 2.45) is 0 Å². The molecule has 3 aromatic carbocycles. The Bertz CT molecular complexity index is 1080. The lowest BCUT2D eigenvalue weighted by molar-refractivity contribution is 0.102. The highest BCUT2D eigenvalue weighted by Crippen LogP contribution is 2.30. The van der Waals surface area contributed by atoms with E-state index in [1.807, 2.05) is 24.3 Å². The molecule has 1 N–H and O–H groups in total. The van der Waals surface area contributed by atoms with Gasteiger partial charge in [-0.15, -0.1) is 0 Å². The Balaban J connectivity index is 1.50. The maximum atomic E-state index is 13.3. The molecule has 0 unspecified atom stereocenters. The van der Waals surface area contributed by atoms with Gasteiger partial charge >= 0.3 is 0 Å². The first-order valence-electron chi connectivity index (χ1n) is 12.0. The van der Waals surface area contributed by atoms with Crippen LogP contribution in [0.1, 0.15) is 48.2 Å². The van der Waals surface area contributed by atoms with Gasteiger partial charge in [0, 0.05) is 43.1 Å². The molecule has 0 atom stereocenters. The highest BCUT2D eigenvalue weighted by Gasteiger charge is 2.17. The van der Waals surface area contributed by atoms with Crippen molar-refractivity contribution >= 4 is 17.3 Å². The number of anilines is 2. The van der Waals surface area contributed by atoms with Gasteiger partial charge in [0.1, 0.15) is 0 Å². The molecule has 1 saturated heterocycles. The van der Waals surface area contributed by atoms with Gasteiger partial charge in [-0.2, -0.15) is 0 Å². The quantitative estimate of drug-likeness (QED) is 0.496. The highest BCUT2D eigenvalue weighted by molar-refractivity contribution is 6.09. The lowest BCUT2D eigenvalue weighted by Gasteiger charge is -2.35. The number of benzene rings is 3. The maximum absolute atomic E-state index is 13.3. The van der Waals surface area contributed by atoms with Crippen LogP contribution in [0.25, 0.3) is 11.1 Å². The molecule has 4 nitrogen and oxygen atoms in total. The predicted octanol–water partition coefficient (Wildman–Crippen LogP) is 6.18. The molecular weight excluding hydrogens is 406 g/mol. The van der Waals surface area contributed by atoms with Crippen molar-refractivity contribution in [1.82, 2.24) is 4.90 Å². The van der Waals surface area contributed by atoms with Crippen LogP contribution in [0.5, 0.6) is 0 Å². The van der Waals surface area contributed by atoms with Crippen molar-refractivity contribution in [3.05, 3.63) is 83.4 Å². The molecule has 1 aliphatic heterocycles. The second kappa shape index (κ2) is 10.2. The summed E-state index contributed by atoms with van der Waals surface area (Å²) in [5.41, 5.74) is 7.20. The second-order valence-electron chi connectivity index (χ2n) is 9.20. The summed E-state index contributed by atoms with van der Waals surface area (Å²) in [5.74, 6) is 0.406. The third kappa shape index (κ3) is 5.28. The van der Waals surface area contributed by atoms with Gasteiger partial charge < -0.3 is 15.1 Å². The monoisotopic (exact) mass is 441 g/mol. The number of carbonyl (C=O) groups excluding carboxylic acids is 1. The molecule has 33 heavy (non-hydrogen) atoms. The number of amides is 1. The SMILES string of the molecule is CCN1CCN(c2ccc(NC(=O)c3cccc(C)c3-c3ccc(C(C)C)cc3)cc2)CC1. The van der Waals surface area contributed by atoms with E-state index in [1.165, 1.54) is 11.3 Å². The Kier molecular flexibility index (Phi) is 7.14. The average molecular weight is 442 g/mol. The van der Waals surface area contributed by atoms with E-state index in [2.05, 4.69) is 85.3 Å². The van der Waals surface area contributed by atoms with Gasteiger partial charge in [0.2, 0.25) is 0 Å². The molecule has 0 aromatic heterocycles. The first kappa shape index (κ1) is 23.1. The fraction of sp³-hybridized carbons (Fsp3) is 0.345. The van der Waals surface area contributed by atoms with Crippen molar-refractivity contribution in [2.75, 3.05) is 42.9 Å². The smallest absolute Gasteiger partial charge is 0.256 e. The molecule has 0 saturated carbocycles. The molecule has 1 aliphatic rings. The molecule has 3 aromatic rings. The van der Waals surface area contributed by atoms with Crippen molar-refractivity contribution in [2.45, 2.75) is 33.6 Å². The van der Waals surface area contributed by atoms with Crippen LogP contribution in [0.15, 0.2) is 66.7 Å². The normalized spacial score (nSPS) is 14.5.